The maximum absolute atomic E-state index is 4.33. The Balaban J connectivity index is 2.21. The molecule has 2 rings (SSSR count). The Kier molecular flexibility index (Phi) is 4.56. The highest BCUT2D eigenvalue weighted by atomic mass is 15.2. The molecule has 0 aliphatic heterocycles. The Morgan fingerprint density at radius 1 is 1.00 bits per heavy atom. The summed E-state index contributed by atoms with van der Waals surface area (Å²) in [6.45, 7) is 10.4. The molecule has 2 aromatic rings. The first-order chi connectivity index (χ1) is 9.63. The van der Waals surface area contributed by atoms with Gasteiger partial charge in [0.2, 0.25) is 0 Å². The van der Waals surface area contributed by atoms with E-state index in [2.05, 4.69) is 66.1 Å². The first-order valence-electron chi connectivity index (χ1n) is 7.05. The van der Waals surface area contributed by atoms with Crippen LogP contribution in [0.4, 0.5) is 17.3 Å². The molecule has 0 atom stereocenters. The molecule has 0 aliphatic rings. The van der Waals surface area contributed by atoms with Crippen LogP contribution in [0.25, 0.3) is 0 Å². The number of aromatic nitrogens is 2. The second-order valence-electron chi connectivity index (χ2n) is 4.86. The Bertz CT molecular complexity index is 576. The van der Waals surface area contributed by atoms with Crippen LogP contribution in [0.5, 0.6) is 0 Å². The fraction of sp³-hybridized carbons (Fsp3) is 0.375. The smallest absolute Gasteiger partial charge is 0.135 e. The summed E-state index contributed by atoms with van der Waals surface area (Å²) in [7, 11) is 0. The van der Waals surface area contributed by atoms with Crippen LogP contribution in [-0.2, 0) is 0 Å². The summed E-state index contributed by atoms with van der Waals surface area (Å²) in [5.41, 5.74) is 3.62. The average molecular weight is 270 g/mol. The lowest BCUT2D eigenvalue weighted by Crippen LogP contribution is -2.23. The van der Waals surface area contributed by atoms with E-state index in [1.807, 2.05) is 6.07 Å². The van der Waals surface area contributed by atoms with E-state index >= 15 is 0 Å². The number of benzene rings is 1. The van der Waals surface area contributed by atoms with E-state index < -0.39 is 0 Å². The van der Waals surface area contributed by atoms with E-state index in [0.29, 0.717) is 0 Å². The van der Waals surface area contributed by atoms with Crippen LogP contribution in [0.1, 0.15) is 25.0 Å². The highest BCUT2D eigenvalue weighted by Crippen LogP contribution is 2.20. The van der Waals surface area contributed by atoms with Gasteiger partial charge in [-0.25, -0.2) is 9.97 Å². The SMILES string of the molecule is CCN(CC)c1cc(Nc2ccc(C)c(C)c2)ncn1. The van der Waals surface area contributed by atoms with Crippen molar-refractivity contribution in [2.45, 2.75) is 27.7 Å². The second-order valence-corrected chi connectivity index (χ2v) is 4.86. The van der Waals surface area contributed by atoms with Gasteiger partial charge in [-0.2, -0.15) is 0 Å². The molecule has 1 aromatic carbocycles. The average Bonchev–Trinajstić information content (AvgIpc) is 2.45. The zero-order chi connectivity index (χ0) is 14.5. The Morgan fingerprint density at radius 2 is 1.75 bits per heavy atom. The van der Waals surface area contributed by atoms with Crippen LogP contribution in [-0.4, -0.2) is 23.1 Å². The number of aryl methyl sites for hydroxylation is 2. The van der Waals surface area contributed by atoms with Gasteiger partial charge in [0.1, 0.15) is 18.0 Å². The lowest BCUT2D eigenvalue weighted by atomic mass is 10.1. The molecule has 0 saturated carbocycles. The van der Waals surface area contributed by atoms with E-state index in [4.69, 9.17) is 0 Å². The minimum atomic E-state index is 0.824. The quantitative estimate of drug-likeness (QED) is 0.899. The van der Waals surface area contributed by atoms with Crippen LogP contribution in [0.15, 0.2) is 30.6 Å². The first kappa shape index (κ1) is 14.3. The molecule has 0 bridgehead atoms. The second kappa shape index (κ2) is 6.37. The van der Waals surface area contributed by atoms with Gasteiger partial charge in [-0.05, 0) is 51.0 Å². The third kappa shape index (κ3) is 3.26. The lowest BCUT2D eigenvalue weighted by Gasteiger charge is -2.20. The highest BCUT2D eigenvalue weighted by Gasteiger charge is 2.05. The summed E-state index contributed by atoms with van der Waals surface area (Å²) < 4.78 is 0. The van der Waals surface area contributed by atoms with Crippen molar-refractivity contribution in [2.75, 3.05) is 23.3 Å². The molecule has 0 saturated heterocycles. The van der Waals surface area contributed by atoms with Crippen molar-refractivity contribution < 1.29 is 0 Å². The van der Waals surface area contributed by atoms with Gasteiger partial charge >= 0.3 is 0 Å². The van der Waals surface area contributed by atoms with E-state index in [1.54, 1.807) is 6.33 Å². The summed E-state index contributed by atoms with van der Waals surface area (Å²) in [5.74, 6) is 1.78. The van der Waals surface area contributed by atoms with E-state index in [9.17, 15) is 0 Å². The molecule has 106 valence electrons. The Labute approximate surface area is 120 Å². The molecule has 0 fully saturated rings. The number of rotatable bonds is 5. The zero-order valence-corrected chi connectivity index (χ0v) is 12.6. The van der Waals surface area contributed by atoms with Gasteiger partial charge in [-0.1, -0.05) is 6.07 Å². The molecule has 1 N–H and O–H groups in total. The molecule has 0 radical (unpaired) electrons. The van der Waals surface area contributed by atoms with Crippen molar-refractivity contribution >= 4 is 17.3 Å². The van der Waals surface area contributed by atoms with Gasteiger partial charge in [-0.15, -0.1) is 0 Å². The van der Waals surface area contributed by atoms with Crippen LogP contribution in [0.2, 0.25) is 0 Å². The summed E-state index contributed by atoms with van der Waals surface area (Å²) in [6, 6.07) is 8.31. The molecule has 4 heteroatoms. The number of nitrogens with one attached hydrogen (secondary N) is 1. The van der Waals surface area contributed by atoms with Gasteiger partial charge in [-0.3, -0.25) is 0 Å². The van der Waals surface area contributed by atoms with Gasteiger partial charge < -0.3 is 10.2 Å². The van der Waals surface area contributed by atoms with Crippen LogP contribution in [0, 0.1) is 13.8 Å². The molecule has 0 spiro atoms. The van der Waals surface area contributed by atoms with Gasteiger partial charge in [0.25, 0.3) is 0 Å². The third-order valence-electron chi connectivity index (χ3n) is 3.52. The summed E-state index contributed by atoms with van der Waals surface area (Å²) in [4.78, 5) is 10.8. The molecule has 0 unspecified atom stereocenters. The molecular formula is C16H22N4. The number of hydrogen-bond acceptors (Lipinski definition) is 4. The Hall–Kier alpha value is -2.10. The van der Waals surface area contributed by atoms with Crippen molar-refractivity contribution in [1.82, 2.24) is 9.97 Å². The van der Waals surface area contributed by atoms with E-state index in [-0.39, 0.29) is 0 Å². The van der Waals surface area contributed by atoms with Crippen LogP contribution >= 0.6 is 0 Å². The predicted octanol–water partition coefficient (Wildman–Crippen LogP) is 3.68. The van der Waals surface area contributed by atoms with E-state index in [1.165, 1.54) is 11.1 Å². The van der Waals surface area contributed by atoms with Gasteiger partial charge in [0.15, 0.2) is 0 Å². The zero-order valence-electron chi connectivity index (χ0n) is 12.6. The van der Waals surface area contributed by atoms with Crippen molar-refractivity contribution in [3.63, 3.8) is 0 Å². The number of nitrogens with zero attached hydrogens (tertiary/aromatic N) is 3. The first-order valence-corrected chi connectivity index (χ1v) is 7.05. The van der Waals surface area contributed by atoms with Crippen LogP contribution < -0.4 is 10.2 Å². The van der Waals surface area contributed by atoms with Crippen molar-refractivity contribution in [3.8, 4) is 0 Å². The number of hydrogen-bond donors (Lipinski definition) is 1. The minimum Gasteiger partial charge on any atom is -0.357 e. The molecular weight excluding hydrogens is 248 g/mol. The molecule has 4 nitrogen and oxygen atoms in total. The molecule has 20 heavy (non-hydrogen) atoms. The Morgan fingerprint density at radius 3 is 2.40 bits per heavy atom. The minimum absolute atomic E-state index is 0.824. The summed E-state index contributed by atoms with van der Waals surface area (Å²) >= 11 is 0. The topological polar surface area (TPSA) is 41.0 Å². The number of anilines is 3. The van der Waals surface area contributed by atoms with Gasteiger partial charge in [0.05, 0.1) is 0 Å². The fourth-order valence-electron chi connectivity index (χ4n) is 2.10. The van der Waals surface area contributed by atoms with Crippen molar-refractivity contribution in [2.24, 2.45) is 0 Å². The van der Waals surface area contributed by atoms with Crippen molar-refractivity contribution in [1.29, 1.82) is 0 Å². The normalized spacial score (nSPS) is 10.4. The monoisotopic (exact) mass is 270 g/mol. The molecule has 1 heterocycles. The maximum atomic E-state index is 4.33. The summed E-state index contributed by atoms with van der Waals surface area (Å²) in [6.07, 6.45) is 1.61. The largest absolute Gasteiger partial charge is 0.357 e. The highest BCUT2D eigenvalue weighted by molar-refractivity contribution is 5.60. The summed E-state index contributed by atoms with van der Waals surface area (Å²) in [5, 5.41) is 3.34. The van der Waals surface area contributed by atoms with Gasteiger partial charge in [0, 0.05) is 24.8 Å². The molecule has 1 aromatic heterocycles. The van der Waals surface area contributed by atoms with E-state index in [0.717, 1.165) is 30.4 Å². The third-order valence-corrected chi connectivity index (χ3v) is 3.52. The molecule has 0 aliphatic carbocycles. The van der Waals surface area contributed by atoms with Crippen LogP contribution in [0.3, 0.4) is 0 Å². The predicted molar refractivity (Wildman–Crippen MR) is 84.8 cm³/mol. The molecule has 0 amide bonds. The maximum Gasteiger partial charge on any atom is 0.135 e. The van der Waals surface area contributed by atoms with Crippen molar-refractivity contribution in [3.05, 3.63) is 41.7 Å². The fourth-order valence-corrected chi connectivity index (χ4v) is 2.10. The standard InChI is InChI=1S/C16H22N4/c1-5-20(6-2)16-10-15(17-11-18-16)19-14-8-7-12(3)13(4)9-14/h7-11H,5-6H2,1-4H3,(H,17,18,19). The lowest BCUT2D eigenvalue weighted by molar-refractivity contribution is 0.842.